The molecule has 0 saturated heterocycles. The predicted octanol–water partition coefficient (Wildman–Crippen LogP) is 4.04. The number of rotatable bonds is 7. The van der Waals surface area contributed by atoms with E-state index in [0.717, 1.165) is 5.56 Å². The molecule has 1 aliphatic rings. The summed E-state index contributed by atoms with van der Waals surface area (Å²) >= 11 is 0. The van der Waals surface area contributed by atoms with Crippen LogP contribution in [0, 0.1) is 0 Å². The summed E-state index contributed by atoms with van der Waals surface area (Å²) in [6.07, 6.45) is -1.00. The SMILES string of the molecule is COc1cc(OC)nc(Oc2cccc3c2C(C(=O)OCc2ccccc2)OCO3)c1. The number of esters is 1. The number of pyridine rings is 1. The highest BCUT2D eigenvalue weighted by Crippen LogP contribution is 2.41. The third kappa shape index (κ3) is 4.70. The fourth-order valence-corrected chi connectivity index (χ4v) is 3.08. The normalized spacial score (nSPS) is 14.7. The van der Waals surface area contributed by atoms with Crippen LogP contribution < -0.4 is 18.9 Å². The number of hydrogen-bond donors (Lipinski definition) is 0. The zero-order valence-electron chi connectivity index (χ0n) is 17.1. The van der Waals surface area contributed by atoms with Gasteiger partial charge in [-0.3, -0.25) is 0 Å². The zero-order chi connectivity index (χ0) is 21.6. The van der Waals surface area contributed by atoms with Crippen LogP contribution in [0.3, 0.4) is 0 Å². The van der Waals surface area contributed by atoms with Crippen LogP contribution in [0.2, 0.25) is 0 Å². The first kappa shape index (κ1) is 20.5. The minimum atomic E-state index is -1.00. The van der Waals surface area contributed by atoms with Crippen molar-refractivity contribution in [2.75, 3.05) is 21.0 Å². The van der Waals surface area contributed by atoms with Crippen molar-refractivity contribution in [3.63, 3.8) is 0 Å². The van der Waals surface area contributed by atoms with Crippen molar-refractivity contribution < 1.29 is 33.2 Å². The highest BCUT2D eigenvalue weighted by Gasteiger charge is 2.34. The molecule has 8 nitrogen and oxygen atoms in total. The van der Waals surface area contributed by atoms with E-state index in [-0.39, 0.29) is 19.3 Å². The van der Waals surface area contributed by atoms with Crippen LogP contribution in [0.5, 0.6) is 29.0 Å². The minimum absolute atomic E-state index is 0.0766. The molecule has 31 heavy (non-hydrogen) atoms. The number of benzene rings is 2. The van der Waals surface area contributed by atoms with E-state index in [4.69, 9.17) is 28.4 Å². The Morgan fingerprint density at radius 2 is 1.84 bits per heavy atom. The summed E-state index contributed by atoms with van der Waals surface area (Å²) in [5.41, 5.74) is 1.30. The van der Waals surface area contributed by atoms with Gasteiger partial charge in [-0.15, -0.1) is 0 Å². The Bertz CT molecular complexity index is 1030. The van der Waals surface area contributed by atoms with Crippen molar-refractivity contribution in [1.29, 1.82) is 0 Å². The van der Waals surface area contributed by atoms with Gasteiger partial charge in [0.2, 0.25) is 11.8 Å². The maximum atomic E-state index is 12.8. The van der Waals surface area contributed by atoms with E-state index >= 15 is 0 Å². The molecule has 0 amide bonds. The summed E-state index contributed by atoms with van der Waals surface area (Å²) in [4.78, 5) is 17.1. The molecular weight excluding hydrogens is 402 g/mol. The predicted molar refractivity (Wildman–Crippen MR) is 109 cm³/mol. The molecule has 1 atom stereocenters. The topological polar surface area (TPSA) is 85.3 Å². The molecular formula is C23H21NO7. The average Bonchev–Trinajstić information content (AvgIpc) is 2.82. The van der Waals surface area contributed by atoms with E-state index in [1.165, 1.54) is 14.2 Å². The standard InChI is InChI=1S/C23H21NO7/c1-26-16-11-19(27-2)24-20(12-16)31-18-10-6-9-17-21(18)22(30-14-29-17)23(25)28-13-15-7-4-3-5-8-15/h3-12,22H,13-14H2,1-2H3. The summed E-state index contributed by atoms with van der Waals surface area (Å²) in [7, 11) is 3.03. The number of ether oxygens (including phenoxy) is 6. The van der Waals surface area contributed by atoms with Gasteiger partial charge in [0.1, 0.15) is 23.9 Å². The van der Waals surface area contributed by atoms with E-state index in [1.54, 1.807) is 30.3 Å². The number of fused-ring (bicyclic) bond motifs is 1. The lowest BCUT2D eigenvalue weighted by Crippen LogP contribution is -2.26. The Labute approximate surface area is 179 Å². The molecule has 2 heterocycles. The van der Waals surface area contributed by atoms with Crippen molar-refractivity contribution in [2.45, 2.75) is 12.7 Å². The van der Waals surface area contributed by atoms with Crippen LogP contribution in [-0.2, 0) is 20.9 Å². The summed E-state index contributed by atoms with van der Waals surface area (Å²) in [6, 6.07) is 17.8. The second kappa shape index (κ2) is 9.36. The molecule has 4 rings (SSSR count). The quantitative estimate of drug-likeness (QED) is 0.527. The fourth-order valence-electron chi connectivity index (χ4n) is 3.08. The molecule has 0 radical (unpaired) electrons. The number of nitrogens with zero attached hydrogens (tertiary/aromatic N) is 1. The van der Waals surface area contributed by atoms with Gasteiger partial charge >= 0.3 is 5.97 Å². The molecule has 0 aliphatic carbocycles. The van der Waals surface area contributed by atoms with Gasteiger partial charge in [-0.2, -0.15) is 4.98 Å². The Morgan fingerprint density at radius 1 is 1.03 bits per heavy atom. The highest BCUT2D eigenvalue weighted by atomic mass is 16.7. The van der Waals surface area contributed by atoms with E-state index in [9.17, 15) is 4.79 Å². The maximum Gasteiger partial charge on any atom is 0.340 e. The second-order valence-electron chi connectivity index (χ2n) is 6.56. The highest BCUT2D eigenvalue weighted by molar-refractivity contribution is 5.79. The molecule has 1 unspecified atom stereocenters. The van der Waals surface area contributed by atoms with Gasteiger partial charge in [0, 0.05) is 12.1 Å². The van der Waals surface area contributed by atoms with Gasteiger partial charge in [-0.25, -0.2) is 4.79 Å². The van der Waals surface area contributed by atoms with Crippen LogP contribution >= 0.6 is 0 Å². The fraction of sp³-hybridized carbons (Fsp3) is 0.217. The lowest BCUT2D eigenvalue weighted by molar-refractivity contribution is -0.167. The third-order valence-corrected chi connectivity index (χ3v) is 4.59. The number of carbonyl (C=O) groups excluding carboxylic acids is 1. The van der Waals surface area contributed by atoms with Crippen molar-refractivity contribution in [2.24, 2.45) is 0 Å². The van der Waals surface area contributed by atoms with Crippen LogP contribution in [0.1, 0.15) is 17.2 Å². The first-order chi connectivity index (χ1) is 15.2. The molecule has 0 spiro atoms. The largest absolute Gasteiger partial charge is 0.496 e. The molecule has 0 fully saturated rings. The molecule has 3 aromatic rings. The van der Waals surface area contributed by atoms with E-state index in [1.807, 2.05) is 30.3 Å². The number of aromatic nitrogens is 1. The molecule has 0 N–H and O–H groups in total. The van der Waals surface area contributed by atoms with Crippen LogP contribution in [-0.4, -0.2) is 32.0 Å². The van der Waals surface area contributed by atoms with E-state index in [0.29, 0.717) is 28.7 Å². The molecule has 2 aromatic carbocycles. The van der Waals surface area contributed by atoms with Gasteiger partial charge in [0.05, 0.1) is 19.8 Å². The van der Waals surface area contributed by atoms with Gasteiger partial charge in [-0.1, -0.05) is 36.4 Å². The number of methoxy groups -OCH3 is 2. The lowest BCUT2D eigenvalue weighted by Gasteiger charge is -2.26. The van der Waals surface area contributed by atoms with E-state index in [2.05, 4.69) is 4.98 Å². The summed E-state index contributed by atoms with van der Waals surface area (Å²) in [6.45, 7) is 0.0557. The molecule has 160 valence electrons. The molecule has 8 heteroatoms. The first-order valence-corrected chi connectivity index (χ1v) is 9.53. The van der Waals surface area contributed by atoms with Crippen molar-refractivity contribution in [3.05, 3.63) is 71.8 Å². The van der Waals surface area contributed by atoms with Crippen LogP contribution in [0.25, 0.3) is 0 Å². The smallest absolute Gasteiger partial charge is 0.340 e. The molecule has 0 saturated carbocycles. The van der Waals surface area contributed by atoms with Gasteiger partial charge in [0.15, 0.2) is 12.9 Å². The van der Waals surface area contributed by atoms with Gasteiger partial charge in [0.25, 0.3) is 0 Å². The van der Waals surface area contributed by atoms with Crippen molar-refractivity contribution in [1.82, 2.24) is 4.98 Å². The zero-order valence-corrected chi connectivity index (χ0v) is 17.1. The maximum absolute atomic E-state index is 12.8. The Hall–Kier alpha value is -3.78. The van der Waals surface area contributed by atoms with E-state index < -0.39 is 12.1 Å². The Morgan fingerprint density at radius 3 is 2.61 bits per heavy atom. The Kier molecular flexibility index (Phi) is 6.18. The molecule has 0 bridgehead atoms. The van der Waals surface area contributed by atoms with Gasteiger partial charge in [-0.05, 0) is 17.7 Å². The third-order valence-electron chi connectivity index (χ3n) is 4.59. The molecule has 1 aliphatic heterocycles. The number of hydrogen-bond acceptors (Lipinski definition) is 8. The van der Waals surface area contributed by atoms with Crippen molar-refractivity contribution >= 4 is 5.97 Å². The Balaban J connectivity index is 1.60. The lowest BCUT2D eigenvalue weighted by atomic mass is 10.1. The second-order valence-corrected chi connectivity index (χ2v) is 6.56. The van der Waals surface area contributed by atoms with Crippen LogP contribution in [0.15, 0.2) is 60.7 Å². The summed E-state index contributed by atoms with van der Waals surface area (Å²) in [5.74, 6) is 1.34. The average molecular weight is 423 g/mol. The van der Waals surface area contributed by atoms with Gasteiger partial charge < -0.3 is 28.4 Å². The summed E-state index contributed by atoms with van der Waals surface area (Å²) in [5, 5.41) is 0. The minimum Gasteiger partial charge on any atom is -0.496 e. The first-order valence-electron chi connectivity index (χ1n) is 9.53. The monoisotopic (exact) mass is 423 g/mol. The van der Waals surface area contributed by atoms with Crippen molar-refractivity contribution in [3.8, 4) is 29.0 Å². The number of carbonyl (C=O) groups is 1. The van der Waals surface area contributed by atoms with Crippen LogP contribution in [0.4, 0.5) is 0 Å². The molecule has 1 aromatic heterocycles. The summed E-state index contributed by atoms with van der Waals surface area (Å²) < 4.78 is 33.0.